The van der Waals surface area contributed by atoms with Gasteiger partial charge in [-0.25, -0.2) is 9.49 Å². The van der Waals surface area contributed by atoms with Crippen molar-refractivity contribution < 1.29 is 14.0 Å². The number of amides is 2. The number of piperidine rings is 1. The minimum absolute atomic E-state index is 0.0201. The lowest BCUT2D eigenvalue weighted by Gasteiger charge is -2.34. The van der Waals surface area contributed by atoms with Crippen molar-refractivity contribution in [3.63, 3.8) is 0 Å². The Balaban J connectivity index is 1.54. The van der Waals surface area contributed by atoms with E-state index in [1.807, 2.05) is 13.8 Å². The molecule has 0 radical (unpaired) electrons. The first-order chi connectivity index (χ1) is 16.4. The molecule has 2 aromatic rings. The van der Waals surface area contributed by atoms with Crippen LogP contribution in [0.15, 0.2) is 23.0 Å². The lowest BCUT2D eigenvalue weighted by molar-refractivity contribution is -0.136. The number of nitrogens with zero attached hydrogens (tertiary/aromatic N) is 3. The van der Waals surface area contributed by atoms with Gasteiger partial charge in [0.25, 0.3) is 11.5 Å². The van der Waals surface area contributed by atoms with Crippen LogP contribution in [0.2, 0.25) is 0 Å². The van der Waals surface area contributed by atoms with Crippen molar-refractivity contribution in [2.24, 2.45) is 5.92 Å². The molecule has 1 unspecified atom stereocenters. The van der Waals surface area contributed by atoms with Crippen molar-refractivity contribution in [2.45, 2.75) is 58.8 Å². The third-order valence-corrected chi connectivity index (χ3v) is 7.15. The number of carbonyl (C=O) groups excluding carboxylic acids is 2. The number of fused-ring (bicyclic) bond motifs is 1. The molecule has 4 rings (SSSR count). The second-order valence-electron chi connectivity index (χ2n) is 9.26. The molecule has 7 nitrogen and oxygen atoms in total. The number of benzene rings is 1. The average molecular weight is 469 g/mol. The lowest BCUT2D eigenvalue weighted by atomic mass is 9.90. The van der Waals surface area contributed by atoms with Gasteiger partial charge in [-0.15, -0.1) is 0 Å². The quantitative estimate of drug-likeness (QED) is 0.706. The van der Waals surface area contributed by atoms with E-state index < -0.39 is 5.82 Å². The predicted octanol–water partition coefficient (Wildman–Crippen LogP) is 3.10. The summed E-state index contributed by atoms with van der Waals surface area (Å²) in [6.45, 7) is 6.00. The molecule has 1 aromatic carbocycles. The molecular formula is C26H33FN4O3. The Labute approximate surface area is 199 Å². The highest BCUT2D eigenvalue weighted by molar-refractivity contribution is 5.95. The highest BCUT2D eigenvalue weighted by Gasteiger charge is 2.31. The molecule has 0 spiro atoms. The minimum atomic E-state index is -0.567. The number of halogens is 1. The van der Waals surface area contributed by atoms with E-state index in [4.69, 9.17) is 0 Å². The number of hydrogen-bond acceptors (Lipinski definition) is 4. The summed E-state index contributed by atoms with van der Waals surface area (Å²) in [6.07, 6.45) is 5.44. The van der Waals surface area contributed by atoms with Crippen LogP contribution in [0, 0.1) is 11.7 Å². The first-order valence-electron chi connectivity index (χ1n) is 12.4. The van der Waals surface area contributed by atoms with E-state index in [0.29, 0.717) is 32.6 Å². The molecule has 1 aromatic heterocycles. The van der Waals surface area contributed by atoms with Crippen molar-refractivity contribution in [3.05, 3.63) is 62.3 Å². The molecular weight excluding hydrogens is 435 g/mol. The summed E-state index contributed by atoms with van der Waals surface area (Å²) in [5.41, 5.74) is 3.22. The predicted molar refractivity (Wildman–Crippen MR) is 127 cm³/mol. The Hall–Kier alpha value is -3.03. The molecule has 1 aliphatic carbocycles. The number of carbonyl (C=O) groups is 2. The largest absolute Gasteiger partial charge is 0.343 e. The standard InChI is InChI=1S/C26H33FN4O3/c1-3-30(4-2)25(33)18-8-7-13-31(16-18)26(34)21-14-17(11-12-22(21)27)15-23-19-9-5-6-10-20(19)24(32)29-28-23/h11-12,14,18H,3-10,13,15-16H2,1-2H3,(H,29,32). The summed E-state index contributed by atoms with van der Waals surface area (Å²) in [5, 5.41) is 6.86. The Bertz CT molecular complexity index is 1130. The Morgan fingerprint density at radius 3 is 2.62 bits per heavy atom. The second kappa shape index (κ2) is 10.5. The monoisotopic (exact) mass is 468 g/mol. The van der Waals surface area contributed by atoms with Crippen LogP contribution < -0.4 is 5.56 Å². The smallest absolute Gasteiger partial charge is 0.267 e. The third-order valence-electron chi connectivity index (χ3n) is 7.15. The molecule has 8 heteroatoms. The number of aromatic nitrogens is 2. The van der Waals surface area contributed by atoms with Crippen LogP contribution in [0.1, 0.15) is 72.3 Å². The van der Waals surface area contributed by atoms with Gasteiger partial charge in [-0.1, -0.05) is 6.07 Å². The SMILES string of the molecule is CCN(CC)C(=O)C1CCCN(C(=O)c2cc(Cc3n[nH]c(=O)c4c3CCCC4)ccc2F)C1. The van der Waals surface area contributed by atoms with Crippen LogP contribution in [-0.2, 0) is 24.1 Å². The topological polar surface area (TPSA) is 86.4 Å². The molecule has 2 aliphatic rings. The molecule has 2 amide bonds. The molecule has 182 valence electrons. The normalized spacial score (nSPS) is 17.9. The van der Waals surface area contributed by atoms with Crippen molar-refractivity contribution >= 4 is 11.8 Å². The Kier molecular flexibility index (Phi) is 7.44. The summed E-state index contributed by atoms with van der Waals surface area (Å²) in [4.78, 5) is 41.6. The number of H-pyrrole nitrogens is 1. The average Bonchev–Trinajstić information content (AvgIpc) is 2.87. The molecule has 1 saturated heterocycles. The van der Waals surface area contributed by atoms with Gasteiger partial charge in [0.1, 0.15) is 5.82 Å². The van der Waals surface area contributed by atoms with E-state index in [1.54, 1.807) is 21.9 Å². The first kappa shape index (κ1) is 24.1. The number of nitrogens with one attached hydrogen (secondary N) is 1. The molecule has 2 heterocycles. The van der Waals surface area contributed by atoms with E-state index in [1.165, 1.54) is 6.07 Å². The van der Waals surface area contributed by atoms with Gasteiger partial charge in [0.05, 0.1) is 17.2 Å². The number of aromatic amines is 1. The zero-order chi connectivity index (χ0) is 24.2. The maximum atomic E-state index is 14.7. The fourth-order valence-electron chi connectivity index (χ4n) is 5.24. The molecule has 1 aliphatic heterocycles. The van der Waals surface area contributed by atoms with Crippen LogP contribution in [0.5, 0.6) is 0 Å². The number of rotatable bonds is 6. The molecule has 0 saturated carbocycles. The summed E-state index contributed by atoms with van der Waals surface area (Å²) in [6, 6.07) is 4.58. The van der Waals surface area contributed by atoms with Gasteiger partial charge < -0.3 is 9.80 Å². The van der Waals surface area contributed by atoms with Crippen molar-refractivity contribution in [1.29, 1.82) is 0 Å². The molecule has 1 atom stereocenters. The Morgan fingerprint density at radius 1 is 1.15 bits per heavy atom. The highest BCUT2D eigenvalue weighted by Crippen LogP contribution is 2.25. The van der Waals surface area contributed by atoms with E-state index in [9.17, 15) is 18.8 Å². The van der Waals surface area contributed by atoms with Crippen molar-refractivity contribution in [2.75, 3.05) is 26.2 Å². The van der Waals surface area contributed by atoms with Crippen LogP contribution in [0.4, 0.5) is 4.39 Å². The first-order valence-corrected chi connectivity index (χ1v) is 12.4. The van der Waals surface area contributed by atoms with Crippen molar-refractivity contribution in [3.8, 4) is 0 Å². The van der Waals surface area contributed by atoms with E-state index in [2.05, 4.69) is 10.2 Å². The number of hydrogen-bond donors (Lipinski definition) is 1. The van der Waals surface area contributed by atoms with E-state index in [0.717, 1.165) is 60.9 Å². The summed E-state index contributed by atoms with van der Waals surface area (Å²) in [5.74, 6) is -1.14. The van der Waals surface area contributed by atoms with Gasteiger partial charge in [-0.3, -0.25) is 14.4 Å². The molecule has 34 heavy (non-hydrogen) atoms. The fraction of sp³-hybridized carbons (Fsp3) is 0.538. The summed E-state index contributed by atoms with van der Waals surface area (Å²) in [7, 11) is 0. The van der Waals surface area contributed by atoms with Crippen LogP contribution >= 0.6 is 0 Å². The van der Waals surface area contributed by atoms with Gasteiger partial charge in [0, 0.05) is 38.2 Å². The van der Waals surface area contributed by atoms with Crippen molar-refractivity contribution in [1.82, 2.24) is 20.0 Å². The van der Waals surface area contributed by atoms with Gasteiger partial charge in [0.15, 0.2) is 0 Å². The lowest BCUT2D eigenvalue weighted by Crippen LogP contribution is -2.46. The Morgan fingerprint density at radius 2 is 1.88 bits per heavy atom. The van der Waals surface area contributed by atoms with Gasteiger partial charge >= 0.3 is 0 Å². The zero-order valence-corrected chi connectivity index (χ0v) is 20.0. The summed E-state index contributed by atoms with van der Waals surface area (Å²) < 4.78 is 14.7. The van der Waals surface area contributed by atoms with E-state index >= 15 is 0 Å². The second-order valence-corrected chi connectivity index (χ2v) is 9.26. The third kappa shape index (κ3) is 4.91. The van der Waals surface area contributed by atoms with E-state index in [-0.39, 0.29) is 28.9 Å². The van der Waals surface area contributed by atoms with Gasteiger partial charge in [0.2, 0.25) is 5.91 Å². The number of likely N-dealkylation sites (tertiary alicyclic amines) is 1. The van der Waals surface area contributed by atoms with Crippen LogP contribution in [0.3, 0.4) is 0 Å². The highest BCUT2D eigenvalue weighted by atomic mass is 19.1. The summed E-state index contributed by atoms with van der Waals surface area (Å²) >= 11 is 0. The van der Waals surface area contributed by atoms with Gasteiger partial charge in [-0.05, 0) is 75.6 Å². The minimum Gasteiger partial charge on any atom is -0.343 e. The molecule has 0 bridgehead atoms. The molecule has 1 N–H and O–H groups in total. The molecule has 1 fully saturated rings. The van der Waals surface area contributed by atoms with Crippen LogP contribution in [-0.4, -0.2) is 58.0 Å². The zero-order valence-electron chi connectivity index (χ0n) is 20.0. The van der Waals surface area contributed by atoms with Crippen LogP contribution in [0.25, 0.3) is 0 Å². The fourth-order valence-corrected chi connectivity index (χ4v) is 5.24. The maximum Gasteiger partial charge on any atom is 0.267 e. The van der Waals surface area contributed by atoms with Gasteiger partial charge in [-0.2, -0.15) is 5.10 Å². The maximum absolute atomic E-state index is 14.7.